The summed E-state index contributed by atoms with van der Waals surface area (Å²) in [4.78, 5) is 12.4. The van der Waals surface area contributed by atoms with Crippen LogP contribution in [-0.2, 0) is 20.0 Å². The van der Waals surface area contributed by atoms with Crippen molar-refractivity contribution in [1.82, 2.24) is 15.1 Å². The first-order valence-corrected chi connectivity index (χ1v) is 10.1. The van der Waals surface area contributed by atoms with Crippen LogP contribution in [0.5, 0.6) is 5.75 Å². The summed E-state index contributed by atoms with van der Waals surface area (Å²) in [6.45, 7) is 3.19. The molecule has 0 bridgehead atoms. The van der Waals surface area contributed by atoms with Gasteiger partial charge in [-0.2, -0.15) is 5.10 Å². The van der Waals surface area contributed by atoms with Gasteiger partial charge in [-0.05, 0) is 43.0 Å². The number of nitrogens with one attached hydrogen (secondary N) is 1. The first-order chi connectivity index (χ1) is 13.6. The molecule has 0 atom stereocenters. The summed E-state index contributed by atoms with van der Waals surface area (Å²) in [6.07, 6.45) is 12.6. The van der Waals surface area contributed by atoms with Crippen molar-refractivity contribution in [2.75, 3.05) is 6.61 Å². The molecule has 1 aromatic heterocycles. The summed E-state index contributed by atoms with van der Waals surface area (Å²) in [6, 6.07) is 9.71. The fourth-order valence-corrected chi connectivity index (χ4v) is 2.98. The molecule has 150 valence electrons. The second-order valence-electron chi connectivity index (χ2n) is 6.90. The van der Waals surface area contributed by atoms with Gasteiger partial charge in [0.05, 0.1) is 12.3 Å². The van der Waals surface area contributed by atoms with Gasteiger partial charge in [0.15, 0.2) is 0 Å². The fraction of sp³-hybridized carbons (Fsp3) is 0.478. The zero-order valence-electron chi connectivity index (χ0n) is 17.0. The first-order valence-electron chi connectivity index (χ1n) is 10.1. The van der Waals surface area contributed by atoms with Gasteiger partial charge in [0.1, 0.15) is 11.4 Å². The summed E-state index contributed by atoms with van der Waals surface area (Å²) in [5.74, 6) is 3.40. The van der Waals surface area contributed by atoms with Crippen molar-refractivity contribution in [3.63, 3.8) is 0 Å². The van der Waals surface area contributed by atoms with Crippen LogP contribution >= 0.6 is 0 Å². The van der Waals surface area contributed by atoms with Gasteiger partial charge in [-0.25, -0.2) is 0 Å². The van der Waals surface area contributed by atoms with Gasteiger partial charge in [-0.3, -0.25) is 9.48 Å². The third-order valence-electron chi connectivity index (χ3n) is 4.61. The van der Waals surface area contributed by atoms with Gasteiger partial charge in [-0.1, -0.05) is 38.3 Å². The third kappa shape index (κ3) is 7.11. The molecular weight excluding hydrogens is 350 g/mol. The molecule has 28 heavy (non-hydrogen) atoms. The molecule has 1 amide bonds. The topological polar surface area (TPSA) is 56.1 Å². The molecule has 0 spiro atoms. The molecule has 2 rings (SSSR count). The van der Waals surface area contributed by atoms with Crippen LogP contribution < -0.4 is 10.1 Å². The smallest absolute Gasteiger partial charge is 0.269 e. The molecule has 1 heterocycles. The number of unbranched alkanes of at least 4 members (excludes halogenated alkanes) is 5. The average molecular weight is 382 g/mol. The molecule has 0 aliphatic rings. The highest BCUT2D eigenvalue weighted by Gasteiger charge is 2.12. The van der Waals surface area contributed by atoms with Crippen LogP contribution in [0.3, 0.4) is 0 Å². The minimum Gasteiger partial charge on any atom is -0.494 e. The molecule has 1 N–H and O–H groups in total. The van der Waals surface area contributed by atoms with E-state index < -0.39 is 0 Å². The Bertz CT molecular complexity index is 789. The quantitative estimate of drug-likeness (QED) is 0.441. The number of carbonyl (C=O) groups is 1. The lowest BCUT2D eigenvalue weighted by atomic mass is 10.1. The number of aromatic nitrogens is 2. The van der Waals surface area contributed by atoms with Gasteiger partial charge < -0.3 is 10.1 Å². The van der Waals surface area contributed by atoms with E-state index in [1.807, 2.05) is 37.3 Å². The van der Waals surface area contributed by atoms with E-state index in [-0.39, 0.29) is 5.91 Å². The minimum atomic E-state index is -0.120. The number of carbonyl (C=O) groups excluding carboxylic acids is 1. The maximum atomic E-state index is 12.4. The predicted octanol–water partition coefficient (Wildman–Crippen LogP) is 4.27. The van der Waals surface area contributed by atoms with E-state index in [2.05, 4.69) is 16.3 Å². The third-order valence-corrected chi connectivity index (χ3v) is 4.61. The summed E-state index contributed by atoms with van der Waals surface area (Å²) in [5.41, 5.74) is 2.50. The maximum absolute atomic E-state index is 12.4. The summed E-state index contributed by atoms with van der Waals surface area (Å²) >= 11 is 0. The Morgan fingerprint density at radius 3 is 2.75 bits per heavy atom. The molecule has 1 aromatic carbocycles. The number of hydrogen-bond acceptors (Lipinski definition) is 3. The van der Waals surface area contributed by atoms with Crippen LogP contribution in [0.1, 0.15) is 67.2 Å². The van der Waals surface area contributed by atoms with E-state index >= 15 is 0 Å². The van der Waals surface area contributed by atoms with E-state index in [4.69, 9.17) is 11.2 Å². The number of amides is 1. The molecule has 0 saturated heterocycles. The van der Waals surface area contributed by atoms with Gasteiger partial charge in [0.25, 0.3) is 5.91 Å². The van der Waals surface area contributed by atoms with Crippen molar-refractivity contribution in [2.45, 2.75) is 58.4 Å². The van der Waals surface area contributed by atoms with Gasteiger partial charge in [0.2, 0.25) is 0 Å². The van der Waals surface area contributed by atoms with E-state index in [0.29, 0.717) is 18.8 Å². The Morgan fingerprint density at radius 2 is 2.00 bits per heavy atom. The fourth-order valence-electron chi connectivity index (χ4n) is 2.98. The highest BCUT2D eigenvalue weighted by molar-refractivity contribution is 5.92. The van der Waals surface area contributed by atoms with E-state index in [9.17, 15) is 4.79 Å². The normalized spacial score (nSPS) is 10.5. The monoisotopic (exact) mass is 381 g/mol. The van der Waals surface area contributed by atoms with Crippen molar-refractivity contribution in [3.05, 3.63) is 47.3 Å². The summed E-state index contributed by atoms with van der Waals surface area (Å²) in [7, 11) is 1.79. The lowest BCUT2D eigenvalue weighted by Crippen LogP contribution is -2.25. The zero-order valence-corrected chi connectivity index (χ0v) is 17.0. The highest BCUT2D eigenvalue weighted by atomic mass is 16.5. The predicted molar refractivity (Wildman–Crippen MR) is 112 cm³/mol. The van der Waals surface area contributed by atoms with E-state index in [1.165, 1.54) is 12.8 Å². The highest BCUT2D eigenvalue weighted by Crippen LogP contribution is 2.15. The van der Waals surface area contributed by atoms with E-state index in [1.54, 1.807) is 11.7 Å². The number of rotatable bonds is 12. The Labute approximate surface area is 168 Å². The second kappa shape index (κ2) is 11.9. The number of nitrogens with zero attached hydrogens (tertiary/aromatic N) is 2. The molecule has 0 aliphatic carbocycles. The van der Waals surface area contributed by atoms with Crippen molar-refractivity contribution in [1.29, 1.82) is 0 Å². The van der Waals surface area contributed by atoms with Crippen molar-refractivity contribution in [2.24, 2.45) is 7.05 Å². The molecule has 0 aliphatic heterocycles. The van der Waals surface area contributed by atoms with Crippen LogP contribution in [0.2, 0.25) is 0 Å². The van der Waals surface area contributed by atoms with Crippen LogP contribution in [0, 0.1) is 12.3 Å². The number of benzene rings is 1. The second-order valence-corrected chi connectivity index (χ2v) is 6.90. The minimum absolute atomic E-state index is 0.120. The van der Waals surface area contributed by atoms with E-state index in [0.717, 1.165) is 49.1 Å². The number of aryl methyl sites for hydroxylation is 2. The molecule has 0 fully saturated rings. The van der Waals surface area contributed by atoms with Gasteiger partial charge >= 0.3 is 0 Å². The molecule has 0 radical (unpaired) electrons. The number of hydrogen-bond donors (Lipinski definition) is 1. The Hall–Kier alpha value is -2.74. The summed E-state index contributed by atoms with van der Waals surface area (Å²) in [5, 5.41) is 7.27. The lowest BCUT2D eigenvalue weighted by Gasteiger charge is -2.09. The molecular formula is C23H31N3O2. The Morgan fingerprint density at radius 1 is 1.21 bits per heavy atom. The van der Waals surface area contributed by atoms with Crippen LogP contribution in [0.15, 0.2) is 30.3 Å². The Kier molecular flexibility index (Phi) is 9.14. The largest absolute Gasteiger partial charge is 0.494 e. The van der Waals surface area contributed by atoms with Crippen LogP contribution in [0.25, 0.3) is 0 Å². The number of ether oxygens (including phenoxy) is 1. The van der Waals surface area contributed by atoms with Crippen LogP contribution in [0.4, 0.5) is 0 Å². The SMILES string of the molecule is C#CCCCCCCCOc1cccc(CNC(=O)c2cc(CC)nn2C)c1. The standard InChI is InChI=1S/C23H31N3O2/c1-4-6-7-8-9-10-11-15-28-21-14-12-13-19(16-21)18-24-23(27)22-17-20(5-2)25-26(22)3/h1,12-14,16-17H,5-11,15,18H2,2-3H3,(H,24,27). The van der Waals surface area contributed by atoms with Gasteiger partial charge in [0, 0.05) is 20.0 Å². The van der Waals surface area contributed by atoms with Crippen molar-refractivity contribution in [3.8, 4) is 18.1 Å². The molecule has 2 aromatic rings. The molecule has 0 saturated carbocycles. The molecule has 0 unspecified atom stereocenters. The lowest BCUT2D eigenvalue weighted by molar-refractivity contribution is 0.0941. The average Bonchev–Trinajstić information content (AvgIpc) is 3.09. The van der Waals surface area contributed by atoms with Gasteiger partial charge in [-0.15, -0.1) is 12.3 Å². The maximum Gasteiger partial charge on any atom is 0.269 e. The summed E-state index contributed by atoms with van der Waals surface area (Å²) < 4.78 is 7.47. The molecule has 5 heteroatoms. The van der Waals surface area contributed by atoms with Crippen LogP contribution in [-0.4, -0.2) is 22.3 Å². The first kappa shape index (κ1) is 21.6. The Balaban J connectivity index is 1.73. The zero-order chi connectivity index (χ0) is 20.2. The molecule has 5 nitrogen and oxygen atoms in total. The van der Waals surface area contributed by atoms with Crippen molar-refractivity contribution < 1.29 is 9.53 Å². The number of terminal acetylenes is 1. The van der Waals surface area contributed by atoms with Crippen molar-refractivity contribution >= 4 is 5.91 Å².